The van der Waals surface area contributed by atoms with E-state index in [1.54, 1.807) is 18.2 Å². The SMILES string of the molecule is O=C(NCC1(c2ccc(-c3cccc(Cl)c3)cc2)CCN(C2CCCCC2)CC1)Nc1cc(Cl)cc(Cl)c1. The van der Waals surface area contributed by atoms with Crippen LogP contribution in [0.3, 0.4) is 0 Å². The van der Waals surface area contributed by atoms with Crippen molar-refractivity contribution in [2.75, 3.05) is 25.0 Å². The molecule has 5 rings (SSSR count). The largest absolute Gasteiger partial charge is 0.337 e. The number of likely N-dealkylation sites (tertiary alicyclic amines) is 1. The van der Waals surface area contributed by atoms with Crippen LogP contribution >= 0.6 is 34.8 Å². The number of hydrogen-bond acceptors (Lipinski definition) is 2. The van der Waals surface area contributed by atoms with Crippen molar-refractivity contribution in [3.8, 4) is 11.1 Å². The highest BCUT2D eigenvalue weighted by molar-refractivity contribution is 6.35. The van der Waals surface area contributed by atoms with Crippen LogP contribution in [0.15, 0.2) is 66.7 Å². The average Bonchev–Trinajstić information content (AvgIpc) is 2.92. The molecule has 0 spiro atoms. The fourth-order valence-corrected chi connectivity index (χ4v) is 6.78. The maximum absolute atomic E-state index is 12.9. The van der Waals surface area contributed by atoms with E-state index in [2.05, 4.69) is 45.9 Å². The Hall–Kier alpha value is -2.24. The maximum atomic E-state index is 12.9. The summed E-state index contributed by atoms with van der Waals surface area (Å²) in [6.45, 7) is 2.66. The first-order valence-electron chi connectivity index (χ1n) is 13.5. The number of urea groups is 1. The Morgan fingerprint density at radius 1 is 0.816 bits per heavy atom. The molecule has 0 aromatic heterocycles. The van der Waals surface area contributed by atoms with Crippen molar-refractivity contribution >= 4 is 46.5 Å². The van der Waals surface area contributed by atoms with Gasteiger partial charge in [0, 0.05) is 38.8 Å². The lowest BCUT2D eigenvalue weighted by atomic mass is 9.72. The summed E-state index contributed by atoms with van der Waals surface area (Å²) in [5.41, 5.74) is 3.93. The Morgan fingerprint density at radius 2 is 1.50 bits per heavy atom. The normalized spacial score (nSPS) is 18.2. The number of nitrogens with one attached hydrogen (secondary N) is 2. The minimum absolute atomic E-state index is 0.138. The van der Waals surface area contributed by atoms with E-state index in [0.717, 1.165) is 42.1 Å². The van der Waals surface area contributed by atoms with Gasteiger partial charge in [0.25, 0.3) is 0 Å². The van der Waals surface area contributed by atoms with Gasteiger partial charge in [-0.25, -0.2) is 4.79 Å². The second kappa shape index (κ2) is 12.3. The number of carbonyl (C=O) groups is 1. The van der Waals surface area contributed by atoms with Crippen molar-refractivity contribution in [1.82, 2.24) is 10.2 Å². The number of hydrogen-bond donors (Lipinski definition) is 2. The van der Waals surface area contributed by atoms with Gasteiger partial charge < -0.3 is 15.5 Å². The van der Waals surface area contributed by atoms with Crippen LogP contribution in [0.2, 0.25) is 15.1 Å². The predicted octanol–water partition coefficient (Wildman–Crippen LogP) is 8.80. The van der Waals surface area contributed by atoms with E-state index in [-0.39, 0.29) is 11.4 Å². The van der Waals surface area contributed by atoms with Crippen molar-refractivity contribution in [2.24, 2.45) is 0 Å². The first-order chi connectivity index (χ1) is 18.4. The summed E-state index contributed by atoms with van der Waals surface area (Å²) in [6, 6.07) is 22.2. The van der Waals surface area contributed by atoms with Gasteiger partial charge in [-0.05, 0) is 85.8 Å². The van der Waals surface area contributed by atoms with Gasteiger partial charge in [-0.2, -0.15) is 0 Å². The third-order valence-corrected chi connectivity index (χ3v) is 8.88. The van der Waals surface area contributed by atoms with E-state index in [0.29, 0.717) is 28.3 Å². The van der Waals surface area contributed by atoms with Gasteiger partial charge >= 0.3 is 6.03 Å². The van der Waals surface area contributed by atoms with E-state index in [1.165, 1.54) is 37.7 Å². The van der Waals surface area contributed by atoms with Crippen LogP contribution in [0, 0.1) is 0 Å². The summed E-state index contributed by atoms with van der Waals surface area (Å²) in [5.74, 6) is 0. The lowest BCUT2D eigenvalue weighted by molar-refractivity contribution is 0.0925. The van der Waals surface area contributed by atoms with Gasteiger partial charge in [-0.15, -0.1) is 0 Å². The molecule has 1 saturated heterocycles. The molecule has 0 atom stereocenters. The molecule has 0 unspecified atom stereocenters. The molecule has 38 heavy (non-hydrogen) atoms. The summed E-state index contributed by atoms with van der Waals surface area (Å²) >= 11 is 18.4. The van der Waals surface area contributed by atoms with Crippen molar-refractivity contribution < 1.29 is 4.79 Å². The molecule has 1 saturated carbocycles. The highest BCUT2D eigenvalue weighted by Crippen LogP contribution is 2.38. The molecule has 1 heterocycles. The molecule has 0 bridgehead atoms. The Balaban J connectivity index is 1.33. The van der Waals surface area contributed by atoms with Gasteiger partial charge in [0.05, 0.1) is 0 Å². The Bertz CT molecular complexity index is 1230. The number of piperidine rings is 1. The molecule has 2 amide bonds. The molecule has 1 aliphatic carbocycles. The van der Waals surface area contributed by atoms with Crippen molar-refractivity contribution in [2.45, 2.75) is 56.4 Å². The van der Waals surface area contributed by atoms with Crippen LogP contribution < -0.4 is 10.6 Å². The van der Waals surface area contributed by atoms with E-state index in [1.807, 2.05) is 18.2 Å². The molecule has 7 heteroatoms. The topological polar surface area (TPSA) is 44.4 Å². The maximum Gasteiger partial charge on any atom is 0.319 e. The van der Waals surface area contributed by atoms with E-state index >= 15 is 0 Å². The van der Waals surface area contributed by atoms with Gasteiger partial charge in [0.1, 0.15) is 0 Å². The fourth-order valence-electron chi connectivity index (χ4n) is 6.07. The minimum Gasteiger partial charge on any atom is -0.337 e. The second-order valence-corrected chi connectivity index (χ2v) is 12.0. The summed E-state index contributed by atoms with van der Waals surface area (Å²) in [5, 5.41) is 7.74. The van der Waals surface area contributed by atoms with Crippen molar-refractivity contribution in [1.29, 1.82) is 0 Å². The predicted molar refractivity (Wildman–Crippen MR) is 160 cm³/mol. The number of carbonyl (C=O) groups excluding carboxylic acids is 1. The number of nitrogens with zero attached hydrogens (tertiary/aromatic N) is 1. The Kier molecular flexibility index (Phi) is 8.84. The van der Waals surface area contributed by atoms with E-state index < -0.39 is 0 Å². The number of rotatable bonds is 6. The monoisotopic (exact) mass is 569 g/mol. The third kappa shape index (κ3) is 6.66. The van der Waals surface area contributed by atoms with Crippen LogP contribution in [0.1, 0.15) is 50.5 Å². The molecule has 2 aliphatic rings. The fraction of sp³-hybridized carbons (Fsp3) is 0.387. The zero-order valence-electron chi connectivity index (χ0n) is 21.5. The molecule has 2 fully saturated rings. The number of halogens is 3. The Morgan fingerprint density at radius 3 is 2.16 bits per heavy atom. The molecular formula is C31H34Cl3N3O. The van der Waals surface area contributed by atoms with Crippen LogP contribution in [0.4, 0.5) is 10.5 Å². The molecule has 3 aromatic carbocycles. The average molecular weight is 571 g/mol. The van der Waals surface area contributed by atoms with Gasteiger partial charge in [-0.3, -0.25) is 0 Å². The molecule has 200 valence electrons. The summed E-state index contributed by atoms with van der Waals surface area (Å²) in [6.07, 6.45) is 8.67. The highest BCUT2D eigenvalue weighted by Gasteiger charge is 2.38. The van der Waals surface area contributed by atoms with Gasteiger partial charge in [0.2, 0.25) is 0 Å². The third-order valence-electron chi connectivity index (χ3n) is 8.21. The highest BCUT2D eigenvalue weighted by atomic mass is 35.5. The first kappa shape index (κ1) is 27.3. The molecule has 1 aliphatic heterocycles. The van der Waals surface area contributed by atoms with Crippen LogP contribution in [-0.4, -0.2) is 36.6 Å². The minimum atomic E-state index is -0.257. The van der Waals surface area contributed by atoms with Gasteiger partial charge in [-0.1, -0.05) is 90.5 Å². The van der Waals surface area contributed by atoms with Crippen LogP contribution in [0.5, 0.6) is 0 Å². The molecule has 3 aromatic rings. The van der Waals surface area contributed by atoms with Crippen LogP contribution in [-0.2, 0) is 5.41 Å². The lowest BCUT2D eigenvalue weighted by Gasteiger charge is -2.46. The molecule has 2 N–H and O–H groups in total. The lowest BCUT2D eigenvalue weighted by Crippen LogP contribution is -2.52. The number of benzene rings is 3. The zero-order chi connectivity index (χ0) is 26.5. The first-order valence-corrected chi connectivity index (χ1v) is 14.7. The van der Waals surface area contributed by atoms with E-state index in [9.17, 15) is 4.79 Å². The van der Waals surface area contributed by atoms with Crippen molar-refractivity contribution in [3.05, 3.63) is 87.4 Å². The molecule has 0 radical (unpaired) electrons. The summed E-state index contributed by atoms with van der Waals surface area (Å²) in [4.78, 5) is 15.6. The van der Waals surface area contributed by atoms with Crippen molar-refractivity contribution in [3.63, 3.8) is 0 Å². The summed E-state index contributed by atoms with van der Waals surface area (Å²) < 4.78 is 0. The molecule has 4 nitrogen and oxygen atoms in total. The standard InChI is InChI=1S/C31H34Cl3N3O/c32-25-6-4-5-23(17-25)22-9-11-24(12-10-22)31(13-15-37(16-14-31)29-7-2-1-3-8-29)21-35-30(38)36-28-19-26(33)18-27(34)20-28/h4-6,9-12,17-20,29H,1-3,7-8,13-16,21H2,(H2,35,36,38). The smallest absolute Gasteiger partial charge is 0.319 e. The number of amides is 2. The Labute approximate surface area is 240 Å². The van der Waals surface area contributed by atoms with Gasteiger partial charge in [0.15, 0.2) is 0 Å². The van der Waals surface area contributed by atoms with Crippen LogP contribution in [0.25, 0.3) is 11.1 Å². The summed E-state index contributed by atoms with van der Waals surface area (Å²) in [7, 11) is 0. The molecular weight excluding hydrogens is 537 g/mol. The zero-order valence-corrected chi connectivity index (χ0v) is 23.8. The quantitative estimate of drug-likeness (QED) is 0.311. The van der Waals surface area contributed by atoms with E-state index in [4.69, 9.17) is 34.8 Å². The second-order valence-electron chi connectivity index (χ2n) is 10.7. The number of anilines is 1.